The molecule has 4 nitrogen and oxygen atoms in total. The third-order valence-corrected chi connectivity index (χ3v) is 3.67. The van der Waals surface area contributed by atoms with E-state index >= 15 is 0 Å². The first-order chi connectivity index (χ1) is 10.4. The number of carbonyl (C=O) groups is 2. The highest BCUT2D eigenvalue weighted by Gasteiger charge is 2.09. The second kappa shape index (κ2) is 7.40. The van der Waals surface area contributed by atoms with E-state index in [0.717, 1.165) is 20.4 Å². The number of benzene rings is 2. The predicted molar refractivity (Wildman–Crippen MR) is 96.0 cm³/mol. The molecule has 0 radical (unpaired) electrons. The van der Waals surface area contributed by atoms with Gasteiger partial charge in [0, 0.05) is 14.8 Å². The fraction of sp³-hybridized carbons (Fsp3) is 0.176. The second-order valence-corrected chi connectivity index (χ2v) is 6.36. The van der Waals surface area contributed by atoms with Crippen LogP contribution in [0.1, 0.15) is 21.5 Å². The molecule has 2 N–H and O–H groups in total. The summed E-state index contributed by atoms with van der Waals surface area (Å²) in [6, 6.07) is 13.1. The molecule has 2 aromatic carbocycles. The Kier molecular flexibility index (Phi) is 5.54. The summed E-state index contributed by atoms with van der Waals surface area (Å²) >= 11 is 2.18. The zero-order chi connectivity index (χ0) is 16.1. The van der Waals surface area contributed by atoms with Gasteiger partial charge in [0.2, 0.25) is 5.91 Å². The number of hydrogen-bond donors (Lipinski definition) is 2. The first-order valence-electron chi connectivity index (χ1n) is 6.86. The van der Waals surface area contributed by atoms with E-state index in [2.05, 4.69) is 33.2 Å². The van der Waals surface area contributed by atoms with E-state index in [9.17, 15) is 9.59 Å². The Morgan fingerprint density at radius 2 is 1.73 bits per heavy atom. The fourth-order valence-electron chi connectivity index (χ4n) is 2.14. The first-order valence-corrected chi connectivity index (χ1v) is 7.94. The van der Waals surface area contributed by atoms with E-state index in [1.165, 1.54) is 0 Å². The van der Waals surface area contributed by atoms with Crippen molar-refractivity contribution < 1.29 is 9.59 Å². The van der Waals surface area contributed by atoms with Gasteiger partial charge in [0.15, 0.2) is 0 Å². The minimum absolute atomic E-state index is 0.0582. The highest BCUT2D eigenvalue weighted by molar-refractivity contribution is 14.1. The molecular weight excluding hydrogens is 391 g/mol. The van der Waals surface area contributed by atoms with Crippen molar-refractivity contribution in [2.75, 3.05) is 11.9 Å². The number of halogens is 1. The molecule has 2 aromatic rings. The van der Waals surface area contributed by atoms with Crippen LogP contribution in [0.2, 0.25) is 0 Å². The third-order valence-electron chi connectivity index (χ3n) is 3.00. The van der Waals surface area contributed by atoms with Crippen molar-refractivity contribution in [3.8, 4) is 0 Å². The van der Waals surface area contributed by atoms with Crippen molar-refractivity contribution in [2.24, 2.45) is 0 Å². The van der Waals surface area contributed by atoms with E-state index in [0.29, 0.717) is 5.56 Å². The monoisotopic (exact) mass is 408 g/mol. The van der Waals surface area contributed by atoms with Gasteiger partial charge in [-0.15, -0.1) is 0 Å². The molecule has 5 heteroatoms. The zero-order valence-electron chi connectivity index (χ0n) is 12.4. The van der Waals surface area contributed by atoms with Crippen LogP contribution in [0.25, 0.3) is 0 Å². The minimum atomic E-state index is -0.250. The van der Waals surface area contributed by atoms with Gasteiger partial charge in [-0.1, -0.05) is 23.3 Å². The van der Waals surface area contributed by atoms with Crippen molar-refractivity contribution in [2.45, 2.75) is 13.8 Å². The average Bonchev–Trinajstić information content (AvgIpc) is 2.43. The summed E-state index contributed by atoms with van der Waals surface area (Å²) in [6.45, 7) is 3.82. The summed E-state index contributed by atoms with van der Waals surface area (Å²) in [5, 5.41) is 5.39. The number of anilines is 1. The Bertz CT molecular complexity index is 693. The largest absolute Gasteiger partial charge is 0.343 e. The Morgan fingerprint density at radius 1 is 1.05 bits per heavy atom. The average molecular weight is 408 g/mol. The molecule has 0 fully saturated rings. The zero-order valence-corrected chi connectivity index (χ0v) is 14.6. The molecule has 0 saturated heterocycles. The molecule has 0 atom stereocenters. The number of nitrogens with one attached hydrogen (secondary N) is 2. The molecule has 2 rings (SSSR count). The number of carbonyl (C=O) groups excluding carboxylic acids is 2. The Labute approximate surface area is 143 Å². The number of amides is 2. The maximum atomic E-state index is 12.1. The van der Waals surface area contributed by atoms with E-state index in [-0.39, 0.29) is 18.4 Å². The second-order valence-electron chi connectivity index (χ2n) is 5.12. The summed E-state index contributed by atoms with van der Waals surface area (Å²) in [7, 11) is 0. The van der Waals surface area contributed by atoms with Crippen molar-refractivity contribution in [1.29, 1.82) is 0 Å². The molecule has 0 heterocycles. The van der Waals surface area contributed by atoms with E-state index in [1.54, 1.807) is 12.1 Å². The SMILES string of the molecule is Cc1cc(C)cc(C(=O)NCC(=O)Nc2cccc(I)c2)c1. The highest BCUT2D eigenvalue weighted by atomic mass is 127. The van der Waals surface area contributed by atoms with Crippen LogP contribution in [0.5, 0.6) is 0 Å². The summed E-state index contributed by atoms with van der Waals surface area (Å²) < 4.78 is 1.04. The maximum absolute atomic E-state index is 12.1. The van der Waals surface area contributed by atoms with Crippen LogP contribution >= 0.6 is 22.6 Å². The van der Waals surface area contributed by atoms with Crippen LogP contribution in [-0.4, -0.2) is 18.4 Å². The molecule has 0 aliphatic rings. The molecular formula is C17H17IN2O2. The molecule has 114 valence electrons. The number of aryl methyl sites for hydroxylation is 2. The topological polar surface area (TPSA) is 58.2 Å². The standard InChI is InChI=1S/C17H17IN2O2/c1-11-6-12(2)8-13(7-11)17(22)19-10-16(21)20-15-5-3-4-14(18)9-15/h3-9H,10H2,1-2H3,(H,19,22)(H,20,21). The van der Waals surface area contributed by atoms with Crippen LogP contribution in [0.3, 0.4) is 0 Å². The lowest BCUT2D eigenvalue weighted by Crippen LogP contribution is -2.32. The van der Waals surface area contributed by atoms with Gasteiger partial charge < -0.3 is 10.6 Å². The van der Waals surface area contributed by atoms with Gasteiger partial charge in [-0.2, -0.15) is 0 Å². The summed E-state index contributed by atoms with van der Waals surface area (Å²) in [5.74, 6) is -0.496. The highest BCUT2D eigenvalue weighted by Crippen LogP contribution is 2.12. The summed E-state index contributed by atoms with van der Waals surface area (Å²) in [5.41, 5.74) is 3.33. The lowest BCUT2D eigenvalue weighted by Gasteiger charge is -2.08. The van der Waals surface area contributed by atoms with Crippen molar-refractivity contribution >= 4 is 40.1 Å². The molecule has 2 amide bonds. The first kappa shape index (κ1) is 16.5. The van der Waals surface area contributed by atoms with Crippen molar-refractivity contribution in [3.63, 3.8) is 0 Å². The van der Waals surface area contributed by atoms with Crippen LogP contribution < -0.4 is 10.6 Å². The Morgan fingerprint density at radius 3 is 2.36 bits per heavy atom. The van der Waals surface area contributed by atoms with Gasteiger partial charge in [0.1, 0.15) is 0 Å². The molecule has 0 unspecified atom stereocenters. The molecule has 0 bridgehead atoms. The molecule has 0 spiro atoms. The van der Waals surface area contributed by atoms with Gasteiger partial charge >= 0.3 is 0 Å². The Hall–Kier alpha value is -1.89. The maximum Gasteiger partial charge on any atom is 0.251 e. The molecule has 0 saturated carbocycles. The minimum Gasteiger partial charge on any atom is -0.343 e. The van der Waals surface area contributed by atoms with Crippen LogP contribution in [-0.2, 0) is 4.79 Å². The Balaban J connectivity index is 1.92. The summed E-state index contributed by atoms with van der Waals surface area (Å²) in [6.07, 6.45) is 0. The van der Waals surface area contributed by atoms with Gasteiger partial charge in [0.05, 0.1) is 6.54 Å². The number of rotatable bonds is 4. The number of hydrogen-bond acceptors (Lipinski definition) is 2. The molecule has 0 aromatic heterocycles. The van der Waals surface area contributed by atoms with Gasteiger partial charge in [-0.05, 0) is 66.8 Å². The van der Waals surface area contributed by atoms with Crippen LogP contribution in [0.4, 0.5) is 5.69 Å². The van der Waals surface area contributed by atoms with Crippen molar-refractivity contribution in [3.05, 3.63) is 62.7 Å². The lowest BCUT2D eigenvalue weighted by atomic mass is 10.1. The van der Waals surface area contributed by atoms with Crippen molar-refractivity contribution in [1.82, 2.24) is 5.32 Å². The summed E-state index contributed by atoms with van der Waals surface area (Å²) in [4.78, 5) is 23.9. The predicted octanol–water partition coefficient (Wildman–Crippen LogP) is 3.28. The van der Waals surface area contributed by atoms with Gasteiger partial charge in [-0.3, -0.25) is 9.59 Å². The molecule has 0 aliphatic carbocycles. The molecule has 22 heavy (non-hydrogen) atoms. The lowest BCUT2D eigenvalue weighted by molar-refractivity contribution is -0.115. The quantitative estimate of drug-likeness (QED) is 0.764. The van der Waals surface area contributed by atoms with Crippen LogP contribution in [0, 0.1) is 17.4 Å². The van der Waals surface area contributed by atoms with E-state index < -0.39 is 0 Å². The normalized spacial score (nSPS) is 10.1. The third kappa shape index (κ3) is 4.84. The molecule has 0 aliphatic heterocycles. The van der Waals surface area contributed by atoms with Gasteiger partial charge in [-0.25, -0.2) is 0 Å². The smallest absolute Gasteiger partial charge is 0.251 e. The van der Waals surface area contributed by atoms with E-state index in [4.69, 9.17) is 0 Å². The van der Waals surface area contributed by atoms with Crippen LogP contribution in [0.15, 0.2) is 42.5 Å². The fourth-order valence-corrected chi connectivity index (χ4v) is 2.68. The van der Waals surface area contributed by atoms with E-state index in [1.807, 2.05) is 44.2 Å². The van der Waals surface area contributed by atoms with Gasteiger partial charge in [0.25, 0.3) is 5.91 Å².